The molecule has 2 aromatic rings. The van der Waals surface area contributed by atoms with Crippen LogP contribution in [-0.2, 0) is 22.7 Å². The molecule has 332 valence electrons. The van der Waals surface area contributed by atoms with E-state index in [1.165, 1.54) is 57.8 Å². The molecule has 0 amide bonds. The molecule has 60 heavy (non-hydrogen) atoms. The Hall–Kier alpha value is -2.36. The van der Waals surface area contributed by atoms with Gasteiger partial charge in [0.2, 0.25) is 0 Å². The van der Waals surface area contributed by atoms with E-state index in [4.69, 9.17) is 0 Å². The van der Waals surface area contributed by atoms with Crippen LogP contribution in [0.2, 0.25) is 0 Å². The summed E-state index contributed by atoms with van der Waals surface area (Å²) < 4.78 is 3.64. The first-order valence-corrected chi connectivity index (χ1v) is 24.5. The second kappa shape index (κ2) is 15.1. The zero-order chi connectivity index (χ0) is 42.6. The van der Waals surface area contributed by atoms with Gasteiger partial charge >= 0.3 is 0 Å². The van der Waals surface area contributed by atoms with E-state index in [0.29, 0.717) is 78.4 Å². The van der Waals surface area contributed by atoms with E-state index >= 15 is 0 Å². The van der Waals surface area contributed by atoms with Crippen LogP contribution in [0, 0.1) is 94.7 Å². The summed E-state index contributed by atoms with van der Waals surface area (Å²) in [6, 6.07) is 0. The number of carbonyl (C=O) groups is 2. The number of hydrogen-bond acceptors (Lipinski definition) is 7. The van der Waals surface area contributed by atoms with Gasteiger partial charge in [-0.1, -0.05) is 27.7 Å². The SMILES string of the molecule is Cc1cnn(CC(=O)[C@H]2CC[C@H]3[C@@H]4CC[C@@H]5C[C@](C)(O)CC[C@]5(C)[C@H]4CC[C@]23C)c1.Cc1cnn(CC(=O)[C@H]2CC[C@H]3[C@@H]4CC[C@H]5CC(O)(O)CC[C@]5(C)[C@H]4CC[C@]23C)c1. The Morgan fingerprint density at radius 2 is 0.983 bits per heavy atom. The van der Waals surface area contributed by atoms with Gasteiger partial charge in [0.25, 0.3) is 0 Å². The van der Waals surface area contributed by atoms with Crippen molar-refractivity contribution in [3.8, 4) is 0 Å². The Labute approximate surface area is 360 Å². The minimum Gasteiger partial charge on any atom is -0.390 e. The first-order chi connectivity index (χ1) is 28.2. The third-order valence-corrected chi connectivity index (χ3v) is 20.6. The van der Waals surface area contributed by atoms with Gasteiger partial charge in [0.15, 0.2) is 17.4 Å². The molecule has 0 bridgehead atoms. The molecule has 8 aliphatic rings. The fraction of sp³-hybridized carbons (Fsp3) is 0.843. The molecule has 3 N–H and O–H groups in total. The first kappa shape index (κ1) is 42.9. The lowest BCUT2D eigenvalue weighted by Crippen LogP contribution is -2.56. The highest BCUT2D eigenvalue weighted by Gasteiger charge is 2.63. The van der Waals surface area contributed by atoms with Crippen molar-refractivity contribution in [2.24, 2.45) is 80.8 Å². The summed E-state index contributed by atoms with van der Waals surface area (Å²) in [5, 5.41) is 39.9. The molecule has 2 aromatic heterocycles. The molecule has 8 aliphatic carbocycles. The Morgan fingerprint density at radius 1 is 0.550 bits per heavy atom. The fourth-order valence-corrected chi connectivity index (χ4v) is 17.4. The maximum atomic E-state index is 13.3. The lowest BCUT2D eigenvalue weighted by molar-refractivity contribution is -0.233. The lowest BCUT2D eigenvalue weighted by Gasteiger charge is -2.61. The Morgan fingerprint density at radius 3 is 1.43 bits per heavy atom. The summed E-state index contributed by atoms with van der Waals surface area (Å²) in [5.41, 5.74) is 2.67. The molecule has 0 radical (unpaired) electrons. The molecule has 8 saturated carbocycles. The Bertz CT molecular complexity index is 1800. The predicted octanol–water partition coefficient (Wildman–Crippen LogP) is 9.27. The second-order valence-electron chi connectivity index (χ2n) is 23.9. The van der Waals surface area contributed by atoms with Crippen LogP contribution >= 0.6 is 0 Å². The standard InChI is InChI=1S/C26H40N2O2.C25H38N2O3/c1-17-14-27-28(15-17)16-23(29)22-8-7-20-19-6-5-18-13-24(2,30)11-12-25(18,3)21(19)9-10-26(20,22)4;1-16-13-26-27(14-16)15-22(28)21-7-6-19-18-5-4-17-12-25(29,30)11-10-23(17,2)20(18)8-9-24(19,21)3/h14-15,18-22,30H,5-13,16H2,1-4H3;13-14,17-21,29-30H,4-12,15H2,1-3H3/t18-,19+,20+,21+,22-,24-,25+,26+;17-,18-,19-,20-,21+,23-,24-/m10/s1. The van der Waals surface area contributed by atoms with Crippen LogP contribution in [0.4, 0.5) is 0 Å². The van der Waals surface area contributed by atoms with Gasteiger partial charge in [0.1, 0.15) is 0 Å². The van der Waals surface area contributed by atoms with Gasteiger partial charge in [0, 0.05) is 37.1 Å². The Kier molecular flexibility index (Phi) is 10.8. The molecule has 15 atom stereocenters. The molecule has 9 nitrogen and oxygen atoms in total. The van der Waals surface area contributed by atoms with Crippen molar-refractivity contribution in [1.29, 1.82) is 0 Å². The highest BCUT2D eigenvalue weighted by atomic mass is 16.5. The van der Waals surface area contributed by atoms with Crippen molar-refractivity contribution in [2.45, 2.75) is 189 Å². The van der Waals surface area contributed by atoms with Gasteiger partial charge in [-0.15, -0.1) is 0 Å². The van der Waals surface area contributed by atoms with Crippen molar-refractivity contribution in [1.82, 2.24) is 19.6 Å². The fourth-order valence-electron chi connectivity index (χ4n) is 17.4. The maximum Gasteiger partial charge on any atom is 0.162 e. The average Bonchev–Trinajstić information content (AvgIpc) is 3.97. The van der Waals surface area contributed by atoms with Crippen LogP contribution in [0.1, 0.15) is 161 Å². The number of hydrogen-bond donors (Lipinski definition) is 3. The van der Waals surface area contributed by atoms with Crippen LogP contribution in [0.5, 0.6) is 0 Å². The molecule has 0 saturated heterocycles. The number of aryl methyl sites for hydroxylation is 2. The van der Waals surface area contributed by atoms with E-state index in [-0.39, 0.29) is 28.1 Å². The maximum absolute atomic E-state index is 13.3. The highest BCUT2D eigenvalue weighted by Crippen LogP contribution is 2.70. The van der Waals surface area contributed by atoms with E-state index in [1.54, 1.807) is 0 Å². The zero-order valence-electron chi connectivity index (χ0n) is 38.2. The molecule has 0 aromatic carbocycles. The Balaban J connectivity index is 0.000000154. The number of aromatic nitrogens is 4. The van der Waals surface area contributed by atoms with Crippen molar-refractivity contribution < 1.29 is 24.9 Å². The topological polar surface area (TPSA) is 130 Å². The number of ketones is 2. The largest absolute Gasteiger partial charge is 0.390 e. The monoisotopic (exact) mass is 827 g/mol. The number of rotatable bonds is 6. The average molecular weight is 827 g/mol. The van der Waals surface area contributed by atoms with E-state index in [0.717, 1.165) is 67.9 Å². The normalized spacial score (nSPS) is 46.4. The van der Waals surface area contributed by atoms with Crippen molar-refractivity contribution >= 4 is 11.6 Å². The van der Waals surface area contributed by atoms with Gasteiger partial charge in [-0.25, -0.2) is 0 Å². The van der Waals surface area contributed by atoms with Gasteiger partial charge in [-0.2, -0.15) is 10.2 Å². The van der Waals surface area contributed by atoms with Crippen LogP contribution in [0.25, 0.3) is 0 Å². The molecule has 0 unspecified atom stereocenters. The summed E-state index contributed by atoms with van der Waals surface area (Å²) in [6.07, 6.45) is 26.9. The summed E-state index contributed by atoms with van der Waals surface area (Å²) >= 11 is 0. The minimum atomic E-state index is -1.46. The predicted molar refractivity (Wildman–Crippen MR) is 232 cm³/mol. The van der Waals surface area contributed by atoms with Gasteiger partial charge in [-0.05, 0) is 204 Å². The quantitative estimate of drug-likeness (QED) is 0.248. The van der Waals surface area contributed by atoms with Crippen LogP contribution in [-0.4, -0.2) is 57.8 Å². The van der Waals surface area contributed by atoms with E-state index in [9.17, 15) is 24.9 Å². The number of aliphatic hydroxyl groups is 3. The zero-order valence-corrected chi connectivity index (χ0v) is 38.2. The minimum absolute atomic E-state index is 0.121. The molecule has 0 spiro atoms. The molecule has 10 rings (SSSR count). The van der Waals surface area contributed by atoms with Crippen molar-refractivity contribution in [3.05, 3.63) is 35.9 Å². The molecular formula is C51H78N4O5. The highest BCUT2D eigenvalue weighted by molar-refractivity contribution is 5.82. The molecule has 9 heteroatoms. The van der Waals surface area contributed by atoms with Crippen molar-refractivity contribution in [3.63, 3.8) is 0 Å². The summed E-state index contributed by atoms with van der Waals surface area (Å²) in [7, 11) is 0. The number of carbonyl (C=O) groups excluding carboxylic acids is 2. The number of Topliss-reactive ketones (excluding diaryl/α,β-unsaturated/α-hetero) is 2. The second-order valence-corrected chi connectivity index (χ2v) is 23.9. The lowest BCUT2D eigenvalue weighted by atomic mass is 9.44. The molecule has 8 fully saturated rings. The van der Waals surface area contributed by atoms with Gasteiger partial charge in [0.05, 0.1) is 31.1 Å². The number of nitrogens with zero attached hydrogens (tertiary/aromatic N) is 4. The molecule has 2 heterocycles. The van der Waals surface area contributed by atoms with Crippen LogP contribution in [0.15, 0.2) is 24.8 Å². The van der Waals surface area contributed by atoms with Crippen LogP contribution < -0.4 is 0 Å². The third kappa shape index (κ3) is 7.22. The third-order valence-electron chi connectivity index (χ3n) is 20.6. The summed E-state index contributed by atoms with van der Waals surface area (Å²) in [6.45, 7) is 16.8. The van der Waals surface area contributed by atoms with Crippen molar-refractivity contribution in [2.75, 3.05) is 0 Å². The number of fused-ring (bicyclic) bond motifs is 10. The molecule has 0 aliphatic heterocycles. The van der Waals surface area contributed by atoms with Crippen LogP contribution in [0.3, 0.4) is 0 Å². The van der Waals surface area contributed by atoms with Gasteiger partial charge < -0.3 is 15.3 Å². The van der Waals surface area contributed by atoms with E-state index in [2.05, 4.69) is 37.9 Å². The smallest absolute Gasteiger partial charge is 0.162 e. The summed E-state index contributed by atoms with van der Waals surface area (Å²) in [4.78, 5) is 26.6. The first-order valence-electron chi connectivity index (χ1n) is 24.5. The van der Waals surface area contributed by atoms with Gasteiger partial charge in [-0.3, -0.25) is 19.0 Å². The summed E-state index contributed by atoms with van der Waals surface area (Å²) in [5.74, 6) is 5.02. The van der Waals surface area contributed by atoms with E-state index in [1.807, 2.05) is 54.9 Å². The van der Waals surface area contributed by atoms with E-state index < -0.39 is 11.4 Å². The molecular weight excluding hydrogens is 749 g/mol.